The number of rotatable bonds is 25. The zero-order valence-corrected chi connectivity index (χ0v) is 40.7. The minimum absolute atomic E-state index is 0.0430. The number of nitrogens with one attached hydrogen (secondary N) is 3. The van der Waals surface area contributed by atoms with E-state index in [1.807, 2.05) is 20.8 Å². The molecular formula is C43H49N11O18S. The van der Waals surface area contributed by atoms with Gasteiger partial charge in [0.15, 0.2) is 33.5 Å². The first-order valence-electron chi connectivity index (χ1n) is 21.6. The number of carbonyl (C=O) groups excluding carboxylic acids is 2. The third kappa shape index (κ3) is 16.9. The van der Waals surface area contributed by atoms with Crippen LogP contribution < -0.4 is 16.0 Å². The van der Waals surface area contributed by atoms with Crippen LogP contribution >= 0.6 is 11.8 Å². The summed E-state index contributed by atoms with van der Waals surface area (Å²) < 4.78 is 0. The van der Waals surface area contributed by atoms with Gasteiger partial charge in [-0.05, 0) is 54.4 Å². The predicted octanol–water partition coefficient (Wildman–Crippen LogP) is 10.3. The van der Waals surface area contributed by atoms with E-state index in [4.69, 9.17) is 0 Å². The van der Waals surface area contributed by atoms with Crippen molar-refractivity contribution in [3.05, 3.63) is 154 Å². The third-order valence-corrected chi connectivity index (χ3v) is 11.3. The van der Waals surface area contributed by atoms with E-state index in [0.717, 1.165) is 60.7 Å². The number of hydrogen-bond donors (Lipinski definition) is 3. The molecule has 0 aliphatic carbocycles. The maximum absolute atomic E-state index is 13.1. The number of benzene rings is 4. The van der Waals surface area contributed by atoms with E-state index in [-0.39, 0.29) is 53.6 Å². The molecule has 73 heavy (non-hydrogen) atoms. The SMILES string of the molecule is CC(C)(C)CC(=O)[C@H](CCCCNc1c([N+](=O)[O-])cccc1[N+](=O)[O-])Nc1c([N+](=O)[O-])cccc1[N+](=O)[O-].CC(C)(C)CC(=O)[C@H](CSc1c([N+](=O)[O-])cccc1[N+](=O)[O-])Nc1c([N+](=O)[O-])cccc1[N+](=O)[O-]. The van der Waals surface area contributed by atoms with Gasteiger partial charge >= 0.3 is 0 Å². The highest BCUT2D eigenvalue weighted by molar-refractivity contribution is 7.99. The zero-order valence-electron chi connectivity index (χ0n) is 39.9. The second-order valence-corrected chi connectivity index (χ2v) is 19.3. The number of anilines is 3. The van der Waals surface area contributed by atoms with Crippen LogP contribution in [0, 0.1) is 91.7 Å². The Labute approximate surface area is 417 Å². The van der Waals surface area contributed by atoms with Gasteiger partial charge in [-0.3, -0.25) is 90.5 Å². The maximum atomic E-state index is 13.1. The summed E-state index contributed by atoms with van der Waals surface area (Å²) in [5.74, 6) is -1.12. The summed E-state index contributed by atoms with van der Waals surface area (Å²) >= 11 is 0.634. The van der Waals surface area contributed by atoms with Crippen molar-refractivity contribution in [2.75, 3.05) is 28.2 Å². The van der Waals surface area contributed by atoms with Crippen molar-refractivity contribution in [2.45, 2.75) is 90.6 Å². The molecule has 0 aliphatic rings. The van der Waals surface area contributed by atoms with Crippen molar-refractivity contribution in [3.63, 3.8) is 0 Å². The summed E-state index contributed by atoms with van der Waals surface area (Å²) in [5, 5.41) is 99.5. The van der Waals surface area contributed by atoms with Gasteiger partial charge in [-0.2, -0.15) is 0 Å². The average molecular weight is 1040 g/mol. The van der Waals surface area contributed by atoms with Gasteiger partial charge in [-0.25, -0.2) is 0 Å². The van der Waals surface area contributed by atoms with Gasteiger partial charge in [0.05, 0.1) is 51.5 Å². The fourth-order valence-corrected chi connectivity index (χ4v) is 8.13. The van der Waals surface area contributed by atoms with Crippen LogP contribution in [-0.4, -0.2) is 75.3 Å². The Balaban J connectivity index is 0.000000387. The zero-order chi connectivity index (χ0) is 55.1. The van der Waals surface area contributed by atoms with Gasteiger partial charge in [0.1, 0.15) is 0 Å². The molecule has 0 unspecified atom stereocenters. The first kappa shape index (κ1) is 58.5. The van der Waals surface area contributed by atoms with Crippen molar-refractivity contribution >= 4 is 85.9 Å². The number of unbranched alkanes of at least 4 members (excludes halogenated alkanes) is 1. The maximum Gasteiger partial charge on any atom is 0.299 e. The Morgan fingerprint density at radius 1 is 0.452 bits per heavy atom. The molecule has 390 valence electrons. The largest absolute Gasteiger partial charge is 0.374 e. The summed E-state index contributed by atoms with van der Waals surface area (Å²) in [6.45, 7) is 10.9. The lowest BCUT2D eigenvalue weighted by atomic mass is 9.86. The van der Waals surface area contributed by atoms with E-state index >= 15 is 0 Å². The highest BCUT2D eigenvalue weighted by Crippen LogP contribution is 2.41. The van der Waals surface area contributed by atoms with E-state index in [9.17, 15) is 90.5 Å². The molecule has 0 radical (unpaired) electrons. The molecule has 0 fully saturated rings. The van der Waals surface area contributed by atoms with Crippen LogP contribution in [0.15, 0.2) is 77.7 Å². The fourth-order valence-electron chi connectivity index (χ4n) is 6.95. The highest BCUT2D eigenvalue weighted by Gasteiger charge is 2.35. The summed E-state index contributed by atoms with van der Waals surface area (Å²) in [5.41, 5.74) is -6.46. The van der Waals surface area contributed by atoms with Crippen LogP contribution in [0.2, 0.25) is 0 Å². The van der Waals surface area contributed by atoms with Gasteiger partial charge in [-0.15, -0.1) is 11.8 Å². The quantitative estimate of drug-likeness (QED) is 0.0240. The summed E-state index contributed by atoms with van der Waals surface area (Å²) in [6, 6.07) is 11.1. The third-order valence-electron chi connectivity index (χ3n) is 10.0. The molecule has 4 rings (SSSR count). The number of thioether (sulfide) groups is 1. The van der Waals surface area contributed by atoms with Gasteiger partial charge in [0, 0.05) is 73.7 Å². The van der Waals surface area contributed by atoms with E-state index in [1.165, 1.54) is 12.1 Å². The molecule has 4 aromatic rings. The van der Waals surface area contributed by atoms with Crippen molar-refractivity contribution in [3.8, 4) is 0 Å². The molecule has 2 atom stereocenters. The second-order valence-electron chi connectivity index (χ2n) is 18.2. The first-order chi connectivity index (χ1) is 33.9. The minimum Gasteiger partial charge on any atom is -0.374 e. The number of ketones is 2. The molecule has 0 bridgehead atoms. The molecule has 0 heterocycles. The van der Waals surface area contributed by atoms with Crippen molar-refractivity contribution < 1.29 is 49.0 Å². The van der Waals surface area contributed by atoms with Gasteiger partial charge in [0.25, 0.3) is 45.5 Å². The molecule has 0 saturated carbocycles. The van der Waals surface area contributed by atoms with Crippen LogP contribution in [0.5, 0.6) is 0 Å². The summed E-state index contributed by atoms with van der Waals surface area (Å²) in [4.78, 5) is 111. The predicted molar refractivity (Wildman–Crippen MR) is 265 cm³/mol. The van der Waals surface area contributed by atoms with Crippen molar-refractivity contribution in [2.24, 2.45) is 10.8 Å². The van der Waals surface area contributed by atoms with Gasteiger partial charge in [0.2, 0.25) is 0 Å². The number of nitrogens with zero attached hydrogens (tertiary/aromatic N) is 8. The Kier molecular flexibility index (Phi) is 20.3. The van der Waals surface area contributed by atoms with Crippen LogP contribution in [0.25, 0.3) is 0 Å². The lowest BCUT2D eigenvalue weighted by molar-refractivity contribution is -0.399. The Morgan fingerprint density at radius 3 is 1.05 bits per heavy atom. The highest BCUT2D eigenvalue weighted by atomic mass is 32.2. The summed E-state index contributed by atoms with van der Waals surface area (Å²) in [6.07, 6.45) is 0.837. The second kappa shape index (κ2) is 25.3. The minimum atomic E-state index is -1.29. The molecule has 0 spiro atoms. The van der Waals surface area contributed by atoms with E-state index in [0.29, 0.717) is 24.6 Å². The summed E-state index contributed by atoms with van der Waals surface area (Å²) in [7, 11) is 0. The molecule has 0 saturated heterocycles. The molecule has 0 aliphatic heterocycles. The topological polar surface area (TPSA) is 415 Å². The van der Waals surface area contributed by atoms with E-state index < -0.39 is 119 Å². The monoisotopic (exact) mass is 1040 g/mol. The number of para-hydroxylation sites is 3. The normalized spacial score (nSPS) is 11.9. The van der Waals surface area contributed by atoms with Crippen LogP contribution in [0.4, 0.5) is 62.6 Å². The van der Waals surface area contributed by atoms with Gasteiger partial charge < -0.3 is 16.0 Å². The molecule has 4 aromatic carbocycles. The smallest absolute Gasteiger partial charge is 0.299 e. The van der Waals surface area contributed by atoms with Crippen LogP contribution in [-0.2, 0) is 9.59 Å². The Hall–Kier alpha value is -8.83. The lowest BCUT2D eigenvalue weighted by Crippen LogP contribution is -2.35. The molecular weight excluding hydrogens is 991 g/mol. The van der Waals surface area contributed by atoms with Crippen molar-refractivity contribution in [1.29, 1.82) is 0 Å². The fraction of sp³-hybridized carbons (Fsp3) is 0.395. The van der Waals surface area contributed by atoms with Crippen molar-refractivity contribution in [1.82, 2.24) is 0 Å². The van der Waals surface area contributed by atoms with Crippen LogP contribution in [0.3, 0.4) is 0 Å². The van der Waals surface area contributed by atoms with Crippen LogP contribution in [0.1, 0.15) is 73.6 Å². The first-order valence-corrected chi connectivity index (χ1v) is 22.6. The Morgan fingerprint density at radius 2 is 0.740 bits per heavy atom. The number of nitro groups is 8. The molecule has 29 nitrogen and oxygen atoms in total. The number of nitro benzene ring substituents is 8. The molecule has 3 N–H and O–H groups in total. The molecule has 30 heteroatoms. The van der Waals surface area contributed by atoms with Gasteiger partial charge in [-0.1, -0.05) is 41.5 Å². The molecule has 0 aromatic heterocycles. The molecule has 0 amide bonds. The van der Waals surface area contributed by atoms with E-state index in [2.05, 4.69) is 16.0 Å². The van der Waals surface area contributed by atoms with E-state index in [1.54, 1.807) is 20.8 Å². The lowest BCUT2D eigenvalue weighted by Gasteiger charge is -2.23. The Bertz CT molecular complexity index is 2690. The number of hydrogen-bond acceptors (Lipinski definition) is 22. The number of carbonyl (C=O) groups is 2. The average Bonchev–Trinajstić information content (AvgIpc) is 3.28. The standard InChI is InChI=1S/C23H28N6O9.C20H21N5O9S/c1-23(2,3)14-20(30)15(25-22-18(28(35)36)11-7-12-19(22)29(37)38)8-4-5-13-24-21-16(26(31)32)9-6-10-17(21)27(33)34;1-20(2,3)10-17(26)12(21-18-13(22(27)28)6-4-7-14(18)23(29)30)11-35-19-15(24(31)32)8-5-9-16(19)25(33)34/h6-7,9-12,15,24-25H,4-5,8,13-14H2,1-3H3;4-9,12,21H,10-11H2,1-3H3/t15-;12-/m00/s1. The number of Topliss-reactive ketones (excluding diaryl/α,β-unsaturated/α-hetero) is 2.